The van der Waals surface area contributed by atoms with Crippen molar-refractivity contribution in [3.63, 3.8) is 0 Å². The highest BCUT2D eigenvalue weighted by atomic mass is 16.5. The number of amides is 3. The molecular weight excluding hydrogens is 484 g/mol. The van der Waals surface area contributed by atoms with E-state index in [1.807, 2.05) is 42.5 Å². The zero-order valence-electron chi connectivity index (χ0n) is 20.3. The minimum absolute atomic E-state index is 0.132. The Balaban J connectivity index is 1.01. The lowest BCUT2D eigenvalue weighted by molar-refractivity contribution is -0.123. The normalized spacial score (nSPS) is 22.9. The van der Waals surface area contributed by atoms with Gasteiger partial charge in [0.1, 0.15) is 11.5 Å². The smallest absolute Gasteiger partial charge is 0.338 e. The van der Waals surface area contributed by atoms with Crippen LogP contribution in [-0.2, 0) is 19.1 Å². The van der Waals surface area contributed by atoms with Crippen molar-refractivity contribution in [2.45, 2.75) is 6.42 Å². The van der Waals surface area contributed by atoms with Gasteiger partial charge in [0.05, 0.1) is 23.1 Å². The second-order valence-electron chi connectivity index (χ2n) is 9.62. The largest absolute Gasteiger partial charge is 0.457 e. The van der Waals surface area contributed by atoms with Crippen molar-refractivity contribution in [1.82, 2.24) is 0 Å². The van der Waals surface area contributed by atoms with E-state index in [0.717, 1.165) is 6.42 Å². The molecule has 0 radical (unpaired) electrons. The minimum atomic E-state index is -0.684. The fourth-order valence-corrected chi connectivity index (χ4v) is 5.55. The highest BCUT2D eigenvalue weighted by Crippen LogP contribution is 2.53. The quantitative estimate of drug-likeness (QED) is 0.285. The number of imide groups is 1. The average Bonchev–Trinajstić information content (AvgIpc) is 3.63. The van der Waals surface area contributed by atoms with Crippen molar-refractivity contribution in [2.24, 2.45) is 23.7 Å². The Morgan fingerprint density at radius 2 is 1.39 bits per heavy atom. The number of nitrogens with zero attached hydrogens (tertiary/aromatic N) is 1. The summed E-state index contributed by atoms with van der Waals surface area (Å²) in [7, 11) is 0. The predicted octanol–water partition coefficient (Wildman–Crippen LogP) is 4.59. The van der Waals surface area contributed by atoms with Gasteiger partial charge in [-0.25, -0.2) is 4.79 Å². The number of esters is 1. The molecule has 1 N–H and O–H groups in total. The average molecular weight is 509 g/mol. The van der Waals surface area contributed by atoms with Gasteiger partial charge in [-0.2, -0.15) is 0 Å². The number of hydrogen-bond acceptors (Lipinski definition) is 6. The summed E-state index contributed by atoms with van der Waals surface area (Å²) in [6.07, 6.45) is 4.96. The molecule has 8 heteroatoms. The maximum atomic E-state index is 13.0. The molecule has 3 aliphatic rings. The van der Waals surface area contributed by atoms with Gasteiger partial charge in [-0.15, -0.1) is 0 Å². The van der Waals surface area contributed by atoms with Gasteiger partial charge in [0.15, 0.2) is 6.61 Å². The summed E-state index contributed by atoms with van der Waals surface area (Å²) >= 11 is 0. The summed E-state index contributed by atoms with van der Waals surface area (Å²) in [6, 6.07) is 22.2. The summed E-state index contributed by atoms with van der Waals surface area (Å²) in [5.41, 5.74) is 1.18. The van der Waals surface area contributed by atoms with Crippen LogP contribution in [0.1, 0.15) is 16.8 Å². The zero-order valence-corrected chi connectivity index (χ0v) is 20.3. The minimum Gasteiger partial charge on any atom is -0.457 e. The second-order valence-corrected chi connectivity index (χ2v) is 9.62. The molecule has 0 unspecified atom stereocenters. The molecule has 3 aromatic rings. The molecule has 3 aromatic carbocycles. The number of anilines is 2. The number of nitrogens with one attached hydrogen (secondary N) is 1. The Morgan fingerprint density at radius 1 is 0.789 bits per heavy atom. The first-order chi connectivity index (χ1) is 18.5. The third-order valence-corrected chi connectivity index (χ3v) is 7.28. The number of para-hydroxylation sites is 1. The van der Waals surface area contributed by atoms with Crippen LogP contribution >= 0.6 is 0 Å². The van der Waals surface area contributed by atoms with Crippen LogP contribution in [0.25, 0.3) is 0 Å². The van der Waals surface area contributed by atoms with E-state index in [1.54, 1.807) is 36.4 Å². The number of ether oxygens (including phenoxy) is 2. The van der Waals surface area contributed by atoms with E-state index in [2.05, 4.69) is 5.32 Å². The van der Waals surface area contributed by atoms with Gasteiger partial charge < -0.3 is 14.8 Å². The highest BCUT2D eigenvalue weighted by Gasteiger charge is 2.59. The number of hydrogen-bond donors (Lipinski definition) is 1. The van der Waals surface area contributed by atoms with Crippen molar-refractivity contribution in [3.8, 4) is 11.5 Å². The van der Waals surface area contributed by atoms with Crippen LogP contribution in [0.15, 0.2) is 91.0 Å². The summed E-state index contributed by atoms with van der Waals surface area (Å²) < 4.78 is 10.9. The first-order valence-corrected chi connectivity index (χ1v) is 12.4. The van der Waals surface area contributed by atoms with E-state index in [-0.39, 0.29) is 41.0 Å². The molecule has 2 fully saturated rings. The molecule has 0 aromatic heterocycles. The van der Waals surface area contributed by atoms with E-state index in [1.165, 1.54) is 17.0 Å². The molecule has 1 heterocycles. The molecule has 2 bridgehead atoms. The first-order valence-electron chi connectivity index (χ1n) is 12.4. The van der Waals surface area contributed by atoms with Gasteiger partial charge in [0.2, 0.25) is 11.8 Å². The lowest BCUT2D eigenvalue weighted by Crippen LogP contribution is -2.32. The predicted molar refractivity (Wildman–Crippen MR) is 139 cm³/mol. The van der Waals surface area contributed by atoms with Gasteiger partial charge >= 0.3 is 5.97 Å². The molecule has 1 saturated carbocycles. The highest BCUT2D eigenvalue weighted by molar-refractivity contribution is 6.22. The molecular formula is C30H24N2O6. The number of carbonyl (C=O) groups is 4. The van der Waals surface area contributed by atoms with E-state index in [9.17, 15) is 19.2 Å². The van der Waals surface area contributed by atoms with Crippen LogP contribution in [0.4, 0.5) is 11.4 Å². The van der Waals surface area contributed by atoms with Crippen LogP contribution in [0.2, 0.25) is 0 Å². The lowest BCUT2D eigenvalue weighted by Gasteiger charge is -2.17. The summed E-state index contributed by atoms with van der Waals surface area (Å²) in [6.45, 7) is -0.467. The SMILES string of the molecule is O=C(COC(=O)c1ccc(N2C(=O)[C@@H]3[C@H](C2=O)[C@H]2C=C[C@H]3C2)cc1)Nc1ccc(Oc2ccccc2)cc1. The van der Waals surface area contributed by atoms with Gasteiger partial charge in [-0.05, 0) is 78.9 Å². The van der Waals surface area contributed by atoms with Crippen LogP contribution in [0.5, 0.6) is 11.5 Å². The molecule has 8 nitrogen and oxygen atoms in total. The Bertz CT molecular complexity index is 1400. The third-order valence-electron chi connectivity index (χ3n) is 7.28. The summed E-state index contributed by atoms with van der Waals surface area (Å²) in [5.74, 6) is -0.511. The standard InChI is InChI=1S/C30H24N2O6/c33-25(31-21-10-14-24(15-11-21)38-23-4-2-1-3-5-23)17-37-30(36)18-8-12-22(13-9-18)32-28(34)26-19-6-7-20(16-19)27(26)29(32)35/h1-15,19-20,26-27H,16-17H2,(H,31,33)/t19-,20-,26-,27+/m0/s1. The fraction of sp³-hybridized carbons (Fsp3) is 0.200. The van der Waals surface area contributed by atoms with Gasteiger partial charge in [0.25, 0.3) is 5.91 Å². The number of carbonyl (C=O) groups excluding carboxylic acids is 4. The molecule has 3 amide bonds. The van der Waals surface area contributed by atoms with Crippen LogP contribution in [0, 0.1) is 23.7 Å². The molecule has 2 aliphatic carbocycles. The molecule has 190 valence electrons. The van der Waals surface area contributed by atoms with Crippen LogP contribution in [0.3, 0.4) is 0 Å². The number of fused-ring (bicyclic) bond motifs is 5. The van der Waals surface area contributed by atoms with Gasteiger partial charge in [-0.3, -0.25) is 19.3 Å². The van der Waals surface area contributed by atoms with E-state index in [4.69, 9.17) is 9.47 Å². The van der Waals surface area contributed by atoms with Gasteiger partial charge in [0, 0.05) is 5.69 Å². The topological polar surface area (TPSA) is 102 Å². The van der Waals surface area contributed by atoms with Crippen molar-refractivity contribution >= 4 is 35.1 Å². The van der Waals surface area contributed by atoms with E-state index in [0.29, 0.717) is 22.9 Å². The number of benzene rings is 3. The van der Waals surface area contributed by atoms with Crippen LogP contribution in [-0.4, -0.2) is 30.3 Å². The van der Waals surface area contributed by atoms with Crippen molar-refractivity contribution in [1.29, 1.82) is 0 Å². The summed E-state index contributed by atoms with van der Waals surface area (Å²) in [4.78, 5) is 51.9. The van der Waals surface area contributed by atoms with E-state index < -0.39 is 18.5 Å². The maximum Gasteiger partial charge on any atom is 0.338 e. The molecule has 1 aliphatic heterocycles. The Morgan fingerprint density at radius 3 is 2.03 bits per heavy atom. The lowest BCUT2D eigenvalue weighted by atomic mass is 9.85. The molecule has 6 rings (SSSR count). The number of rotatable bonds is 7. The fourth-order valence-electron chi connectivity index (χ4n) is 5.55. The van der Waals surface area contributed by atoms with Crippen molar-refractivity contribution in [2.75, 3.05) is 16.8 Å². The molecule has 0 spiro atoms. The second kappa shape index (κ2) is 9.63. The molecule has 1 saturated heterocycles. The zero-order chi connectivity index (χ0) is 26.2. The first kappa shape index (κ1) is 23.7. The Hall–Kier alpha value is -4.72. The monoisotopic (exact) mass is 508 g/mol. The third kappa shape index (κ3) is 4.34. The molecule has 38 heavy (non-hydrogen) atoms. The van der Waals surface area contributed by atoms with Crippen molar-refractivity contribution < 1.29 is 28.7 Å². The Kier molecular flexibility index (Phi) is 5.99. The number of allylic oxidation sites excluding steroid dienone is 2. The molecule has 4 atom stereocenters. The maximum absolute atomic E-state index is 13.0. The Labute approximate surface area is 218 Å². The van der Waals surface area contributed by atoms with Crippen molar-refractivity contribution in [3.05, 3.63) is 96.6 Å². The van der Waals surface area contributed by atoms with Crippen LogP contribution < -0.4 is 15.0 Å². The summed E-state index contributed by atoms with van der Waals surface area (Å²) in [5, 5.41) is 2.67. The van der Waals surface area contributed by atoms with Gasteiger partial charge in [-0.1, -0.05) is 30.4 Å². The van der Waals surface area contributed by atoms with E-state index >= 15 is 0 Å².